The molecule has 1 amide bonds. The van der Waals surface area contributed by atoms with Crippen molar-refractivity contribution in [2.75, 3.05) is 32.6 Å². The van der Waals surface area contributed by atoms with Crippen LogP contribution >= 0.6 is 0 Å². The highest BCUT2D eigenvalue weighted by atomic mass is 16.5. The molecule has 1 atom stereocenters. The third kappa shape index (κ3) is 4.04. The summed E-state index contributed by atoms with van der Waals surface area (Å²) in [7, 11) is 3.34. The first kappa shape index (κ1) is 14.5. The number of hydrogen-bond acceptors (Lipinski definition) is 3. The maximum Gasteiger partial charge on any atom is 0.251 e. The van der Waals surface area contributed by atoms with Gasteiger partial charge in [-0.15, -0.1) is 0 Å². The Morgan fingerprint density at radius 2 is 2.17 bits per heavy atom. The second-order valence-electron chi connectivity index (χ2n) is 4.55. The van der Waals surface area contributed by atoms with Gasteiger partial charge in [0.2, 0.25) is 0 Å². The molecule has 0 saturated carbocycles. The molecule has 0 aromatic heterocycles. The molecule has 4 nitrogen and oxygen atoms in total. The van der Waals surface area contributed by atoms with Crippen LogP contribution < -0.4 is 10.6 Å². The Morgan fingerprint density at radius 3 is 2.78 bits per heavy atom. The minimum atomic E-state index is -0.0667. The molecule has 0 saturated heterocycles. The van der Waals surface area contributed by atoms with Crippen LogP contribution in [0.2, 0.25) is 0 Å². The van der Waals surface area contributed by atoms with Crippen molar-refractivity contribution in [2.24, 2.45) is 5.92 Å². The SMILES string of the molecule is CNC(=O)c1ccc(C)c(NCC(C)COC)c1. The molecule has 0 bridgehead atoms. The van der Waals surface area contributed by atoms with E-state index in [-0.39, 0.29) is 5.91 Å². The molecule has 18 heavy (non-hydrogen) atoms. The minimum absolute atomic E-state index is 0.0667. The lowest BCUT2D eigenvalue weighted by atomic mass is 10.1. The number of carbonyl (C=O) groups is 1. The number of nitrogens with one attached hydrogen (secondary N) is 2. The van der Waals surface area contributed by atoms with Gasteiger partial charge in [-0.2, -0.15) is 0 Å². The zero-order chi connectivity index (χ0) is 13.5. The molecule has 1 rings (SSSR count). The first-order valence-electron chi connectivity index (χ1n) is 6.14. The minimum Gasteiger partial charge on any atom is -0.384 e. The van der Waals surface area contributed by atoms with E-state index in [0.29, 0.717) is 11.5 Å². The van der Waals surface area contributed by atoms with E-state index in [4.69, 9.17) is 4.74 Å². The van der Waals surface area contributed by atoms with Crippen LogP contribution in [0.5, 0.6) is 0 Å². The predicted molar refractivity (Wildman–Crippen MR) is 74.1 cm³/mol. The average molecular weight is 250 g/mol. The standard InChI is InChI=1S/C14H22N2O2/c1-10(9-18-4)8-16-13-7-12(14(17)15-3)6-5-11(13)2/h5-7,10,16H,8-9H2,1-4H3,(H,15,17). The summed E-state index contributed by atoms with van der Waals surface area (Å²) in [6.45, 7) is 5.69. The van der Waals surface area contributed by atoms with Gasteiger partial charge in [-0.25, -0.2) is 0 Å². The average Bonchev–Trinajstić information content (AvgIpc) is 2.37. The van der Waals surface area contributed by atoms with E-state index in [9.17, 15) is 4.79 Å². The van der Waals surface area contributed by atoms with Gasteiger partial charge in [0, 0.05) is 32.0 Å². The predicted octanol–water partition coefficient (Wildman–Crippen LogP) is 2.05. The Balaban J connectivity index is 2.72. The van der Waals surface area contributed by atoms with Gasteiger partial charge < -0.3 is 15.4 Å². The van der Waals surface area contributed by atoms with E-state index in [2.05, 4.69) is 17.6 Å². The number of rotatable bonds is 6. The van der Waals surface area contributed by atoms with Gasteiger partial charge in [0.15, 0.2) is 0 Å². The van der Waals surface area contributed by atoms with Crippen LogP contribution in [-0.2, 0) is 4.74 Å². The maximum absolute atomic E-state index is 11.6. The van der Waals surface area contributed by atoms with Gasteiger partial charge in [0.05, 0.1) is 6.61 Å². The highest BCUT2D eigenvalue weighted by molar-refractivity contribution is 5.95. The van der Waals surface area contributed by atoms with Crippen LogP contribution in [0, 0.1) is 12.8 Å². The number of ether oxygens (including phenoxy) is 1. The summed E-state index contributed by atoms with van der Waals surface area (Å²) in [6.07, 6.45) is 0. The fourth-order valence-electron chi connectivity index (χ4n) is 1.73. The number of hydrogen-bond donors (Lipinski definition) is 2. The lowest BCUT2D eigenvalue weighted by Crippen LogP contribution is -2.19. The van der Waals surface area contributed by atoms with Crippen LogP contribution in [0.15, 0.2) is 18.2 Å². The van der Waals surface area contributed by atoms with Gasteiger partial charge in [-0.05, 0) is 30.5 Å². The van der Waals surface area contributed by atoms with Crippen molar-refractivity contribution >= 4 is 11.6 Å². The van der Waals surface area contributed by atoms with Gasteiger partial charge >= 0.3 is 0 Å². The number of amides is 1. The Morgan fingerprint density at radius 1 is 1.44 bits per heavy atom. The summed E-state index contributed by atoms with van der Waals surface area (Å²) in [5, 5.41) is 5.98. The van der Waals surface area contributed by atoms with E-state index < -0.39 is 0 Å². The molecule has 0 aliphatic rings. The third-order valence-corrected chi connectivity index (χ3v) is 2.82. The van der Waals surface area contributed by atoms with Crippen molar-refractivity contribution in [1.82, 2.24) is 5.32 Å². The van der Waals surface area contributed by atoms with Crippen LogP contribution in [0.3, 0.4) is 0 Å². The molecule has 0 aliphatic heterocycles. The molecule has 1 aromatic rings. The molecule has 0 aliphatic carbocycles. The maximum atomic E-state index is 11.6. The first-order chi connectivity index (χ1) is 8.58. The summed E-state index contributed by atoms with van der Waals surface area (Å²) >= 11 is 0. The Hall–Kier alpha value is -1.55. The van der Waals surface area contributed by atoms with E-state index in [1.165, 1.54) is 0 Å². The Labute approximate surface area is 109 Å². The number of methoxy groups -OCH3 is 1. The summed E-state index contributed by atoms with van der Waals surface area (Å²) < 4.78 is 5.10. The van der Waals surface area contributed by atoms with Crippen molar-refractivity contribution < 1.29 is 9.53 Å². The number of anilines is 1. The largest absolute Gasteiger partial charge is 0.384 e. The molecule has 1 aromatic carbocycles. The lowest BCUT2D eigenvalue weighted by molar-refractivity contribution is 0.0963. The zero-order valence-electron chi connectivity index (χ0n) is 11.5. The number of aryl methyl sites for hydroxylation is 1. The second kappa shape index (κ2) is 7.01. The van der Waals surface area contributed by atoms with Crippen molar-refractivity contribution in [1.29, 1.82) is 0 Å². The number of benzene rings is 1. The highest BCUT2D eigenvalue weighted by Crippen LogP contribution is 2.17. The molecule has 0 radical (unpaired) electrons. The second-order valence-corrected chi connectivity index (χ2v) is 4.55. The molecule has 0 fully saturated rings. The molecule has 2 N–H and O–H groups in total. The fraction of sp³-hybridized carbons (Fsp3) is 0.500. The summed E-state index contributed by atoms with van der Waals surface area (Å²) in [6, 6.07) is 5.67. The van der Waals surface area contributed by atoms with E-state index in [0.717, 1.165) is 24.4 Å². The van der Waals surface area contributed by atoms with Crippen molar-refractivity contribution in [3.63, 3.8) is 0 Å². The molecular weight excluding hydrogens is 228 g/mol. The monoisotopic (exact) mass is 250 g/mol. The van der Waals surface area contributed by atoms with Crippen molar-refractivity contribution in [3.05, 3.63) is 29.3 Å². The van der Waals surface area contributed by atoms with Crippen molar-refractivity contribution in [2.45, 2.75) is 13.8 Å². The van der Waals surface area contributed by atoms with Gasteiger partial charge in [0.1, 0.15) is 0 Å². The lowest BCUT2D eigenvalue weighted by Gasteiger charge is -2.15. The zero-order valence-corrected chi connectivity index (χ0v) is 11.5. The van der Waals surface area contributed by atoms with Crippen molar-refractivity contribution in [3.8, 4) is 0 Å². The van der Waals surface area contributed by atoms with E-state index >= 15 is 0 Å². The molecule has 1 unspecified atom stereocenters. The molecule has 0 heterocycles. The molecule has 4 heteroatoms. The molecule has 0 spiro atoms. The van der Waals surface area contributed by atoms with Crippen LogP contribution in [0.1, 0.15) is 22.8 Å². The van der Waals surface area contributed by atoms with Crippen LogP contribution in [0.4, 0.5) is 5.69 Å². The first-order valence-corrected chi connectivity index (χ1v) is 6.14. The van der Waals surface area contributed by atoms with Gasteiger partial charge in [0.25, 0.3) is 5.91 Å². The van der Waals surface area contributed by atoms with Gasteiger partial charge in [-0.1, -0.05) is 13.0 Å². The molecular formula is C14H22N2O2. The Kier molecular flexibility index (Phi) is 5.65. The summed E-state index contributed by atoms with van der Waals surface area (Å²) in [5.74, 6) is 0.362. The van der Waals surface area contributed by atoms with Crippen LogP contribution in [0.25, 0.3) is 0 Å². The van der Waals surface area contributed by atoms with Crippen LogP contribution in [-0.4, -0.2) is 33.2 Å². The molecule has 100 valence electrons. The highest BCUT2D eigenvalue weighted by Gasteiger charge is 2.07. The number of carbonyl (C=O) groups excluding carboxylic acids is 1. The third-order valence-electron chi connectivity index (χ3n) is 2.82. The summed E-state index contributed by atoms with van der Waals surface area (Å²) in [4.78, 5) is 11.6. The normalized spacial score (nSPS) is 12.0. The van der Waals surface area contributed by atoms with Gasteiger partial charge in [-0.3, -0.25) is 4.79 Å². The Bertz CT molecular complexity index is 405. The van der Waals surface area contributed by atoms with E-state index in [1.54, 1.807) is 14.2 Å². The fourth-order valence-corrected chi connectivity index (χ4v) is 1.73. The smallest absolute Gasteiger partial charge is 0.251 e. The topological polar surface area (TPSA) is 50.4 Å². The summed E-state index contributed by atoms with van der Waals surface area (Å²) in [5.41, 5.74) is 2.80. The quantitative estimate of drug-likeness (QED) is 0.812. The van der Waals surface area contributed by atoms with E-state index in [1.807, 2.05) is 25.1 Å².